The maximum atomic E-state index is 10.1. The van der Waals surface area contributed by atoms with Gasteiger partial charge in [0.05, 0.1) is 13.7 Å². The zero-order valence-corrected chi connectivity index (χ0v) is 12.9. The normalized spacial score (nSPS) is 24.8. The van der Waals surface area contributed by atoms with Crippen LogP contribution in [0.4, 0.5) is 0 Å². The second-order valence-corrected chi connectivity index (χ2v) is 6.19. The van der Waals surface area contributed by atoms with Gasteiger partial charge in [-0.2, -0.15) is 0 Å². The smallest absolute Gasteiger partial charge is 0.237 e. The number of aliphatic hydroxyl groups excluding tert-OH is 1. The predicted octanol–water partition coefficient (Wildman–Crippen LogP) is 2.21. The van der Waals surface area contributed by atoms with Gasteiger partial charge in [-0.3, -0.25) is 0 Å². The molecule has 1 aromatic rings. The first kappa shape index (κ1) is 14.3. The minimum Gasteiger partial charge on any atom is -0.493 e. The summed E-state index contributed by atoms with van der Waals surface area (Å²) in [7, 11) is 1.55. The molecule has 21 heavy (non-hydrogen) atoms. The number of benzene rings is 1. The van der Waals surface area contributed by atoms with E-state index >= 15 is 0 Å². The summed E-state index contributed by atoms with van der Waals surface area (Å²) in [5.41, 5.74) is -0.0877. The van der Waals surface area contributed by atoms with Gasteiger partial charge in [-0.1, -0.05) is 0 Å². The van der Waals surface area contributed by atoms with Gasteiger partial charge >= 0.3 is 0 Å². The van der Waals surface area contributed by atoms with E-state index in [0.717, 1.165) is 5.56 Å². The van der Waals surface area contributed by atoms with Crippen LogP contribution in [0.2, 0.25) is 0 Å². The molecule has 1 atom stereocenters. The summed E-state index contributed by atoms with van der Waals surface area (Å²) in [5.74, 6) is 1.07. The van der Waals surface area contributed by atoms with Gasteiger partial charge < -0.3 is 28.8 Å². The molecule has 0 spiro atoms. The highest BCUT2D eigenvalue weighted by Gasteiger charge is 2.43. The Kier molecular flexibility index (Phi) is 3.00. The number of hydrogen-bond donors (Lipinski definition) is 1. The third-order valence-corrected chi connectivity index (χ3v) is 3.57. The monoisotopic (exact) mass is 296 g/mol. The van der Waals surface area contributed by atoms with Crippen molar-refractivity contribution in [3.8, 4) is 23.0 Å². The lowest BCUT2D eigenvalue weighted by atomic mass is 10.1. The Morgan fingerprint density at radius 3 is 2.52 bits per heavy atom. The Labute approximate surface area is 123 Å². The maximum Gasteiger partial charge on any atom is 0.237 e. The lowest BCUT2D eigenvalue weighted by Crippen LogP contribution is -2.48. The molecule has 6 heteroatoms. The Hall–Kier alpha value is -1.66. The summed E-state index contributed by atoms with van der Waals surface area (Å²) in [4.78, 5) is 0. The molecule has 0 saturated carbocycles. The van der Waals surface area contributed by atoms with E-state index in [0.29, 0.717) is 29.6 Å². The number of aliphatic hydroxyl groups is 1. The quantitative estimate of drug-likeness (QED) is 0.857. The van der Waals surface area contributed by atoms with Gasteiger partial charge in [-0.25, -0.2) is 0 Å². The summed E-state index contributed by atoms with van der Waals surface area (Å²) in [6.07, 6.45) is -1.10. The van der Waals surface area contributed by atoms with E-state index in [1.807, 2.05) is 13.8 Å². The van der Waals surface area contributed by atoms with Gasteiger partial charge in [0.15, 0.2) is 17.1 Å². The summed E-state index contributed by atoms with van der Waals surface area (Å²) in [6, 6.07) is 1.81. The minimum absolute atomic E-state index is 0.354. The van der Waals surface area contributed by atoms with Gasteiger partial charge in [-0.15, -0.1) is 0 Å². The van der Waals surface area contributed by atoms with Gasteiger partial charge in [0.1, 0.15) is 0 Å². The minimum atomic E-state index is -1.10. The Balaban J connectivity index is 2.16. The molecule has 2 heterocycles. The topological polar surface area (TPSA) is 66.4 Å². The largest absolute Gasteiger partial charge is 0.493 e. The first-order valence-corrected chi connectivity index (χ1v) is 6.84. The first-order valence-electron chi connectivity index (χ1n) is 6.84. The van der Waals surface area contributed by atoms with Gasteiger partial charge in [0.2, 0.25) is 23.6 Å². The first-order chi connectivity index (χ1) is 9.73. The molecule has 2 aliphatic rings. The van der Waals surface area contributed by atoms with E-state index in [2.05, 4.69) is 0 Å². The van der Waals surface area contributed by atoms with Crippen molar-refractivity contribution >= 4 is 0 Å². The van der Waals surface area contributed by atoms with E-state index in [4.69, 9.17) is 23.7 Å². The van der Waals surface area contributed by atoms with Crippen molar-refractivity contribution in [3.63, 3.8) is 0 Å². The average Bonchev–Trinajstić information content (AvgIpc) is 2.39. The Morgan fingerprint density at radius 1 is 1.14 bits per heavy atom. The van der Waals surface area contributed by atoms with Crippen LogP contribution in [0.5, 0.6) is 23.0 Å². The number of methoxy groups -OCH3 is 1. The molecule has 1 aromatic carbocycles. The van der Waals surface area contributed by atoms with E-state index in [1.165, 1.54) is 0 Å². The molecular weight excluding hydrogens is 276 g/mol. The highest BCUT2D eigenvalue weighted by molar-refractivity contribution is 5.64. The van der Waals surface area contributed by atoms with Crippen molar-refractivity contribution in [3.05, 3.63) is 11.6 Å². The molecule has 0 aromatic heterocycles. The molecular formula is C15H20O6. The third-order valence-electron chi connectivity index (χ3n) is 3.57. The SMILES string of the molecule is COc1cc2c(c3c1OC(C)(C)C(O)O3)OC(C)(C)OC2. The molecule has 0 aliphatic carbocycles. The van der Waals surface area contributed by atoms with Crippen LogP contribution in [0.15, 0.2) is 6.07 Å². The van der Waals surface area contributed by atoms with Crippen LogP contribution in [0.3, 0.4) is 0 Å². The number of hydrogen-bond acceptors (Lipinski definition) is 6. The highest BCUT2D eigenvalue weighted by atomic mass is 16.7. The van der Waals surface area contributed by atoms with Gasteiger partial charge in [0.25, 0.3) is 0 Å². The van der Waals surface area contributed by atoms with Crippen LogP contribution in [0.1, 0.15) is 33.3 Å². The molecule has 0 amide bonds. The second kappa shape index (κ2) is 4.42. The van der Waals surface area contributed by atoms with E-state index in [1.54, 1.807) is 27.0 Å². The molecule has 1 N–H and O–H groups in total. The number of fused-ring (bicyclic) bond motifs is 3. The maximum absolute atomic E-state index is 10.1. The van der Waals surface area contributed by atoms with Crippen molar-refractivity contribution in [1.29, 1.82) is 0 Å². The third kappa shape index (κ3) is 2.28. The lowest BCUT2D eigenvalue weighted by molar-refractivity contribution is -0.189. The number of rotatable bonds is 1. The van der Waals surface area contributed by atoms with Crippen LogP contribution >= 0.6 is 0 Å². The molecule has 3 rings (SSSR count). The summed E-state index contributed by atoms with van der Waals surface area (Å²) in [6.45, 7) is 7.49. The molecule has 0 fully saturated rings. The summed E-state index contributed by atoms with van der Waals surface area (Å²) >= 11 is 0. The molecule has 0 radical (unpaired) electrons. The number of ether oxygens (including phenoxy) is 5. The van der Waals surface area contributed by atoms with Crippen molar-refractivity contribution < 1.29 is 28.8 Å². The van der Waals surface area contributed by atoms with E-state index < -0.39 is 17.7 Å². The van der Waals surface area contributed by atoms with Crippen molar-refractivity contribution in [2.24, 2.45) is 0 Å². The molecule has 6 nitrogen and oxygen atoms in total. The zero-order chi connectivity index (χ0) is 15.4. The van der Waals surface area contributed by atoms with Gasteiger partial charge in [-0.05, 0) is 19.9 Å². The predicted molar refractivity (Wildman–Crippen MR) is 73.8 cm³/mol. The summed E-state index contributed by atoms with van der Waals surface area (Å²) in [5, 5.41) is 10.1. The van der Waals surface area contributed by atoms with Crippen LogP contribution in [0, 0.1) is 0 Å². The average molecular weight is 296 g/mol. The fraction of sp³-hybridized carbons (Fsp3) is 0.600. The van der Waals surface area contributed by atoms with Gasteiger partial charge in [0, 0.05) is 19.4 Å². The molecule has 0 bridgehead atoms. The highest BCUT2D eigenvalue weighted by Crippen LogP contribution is 2.53. The standard InChI is InChI=1S/C15H20O6/c1-14(2)13(16)19-12-10-8(7-18-15(3,4)21-10)6-9(17-5)11(12)20-14/h6,13,16H,7H2,1-5H3. The van der Waals surface area contributed by atoms with Crippen molar-refractivity contribution in [2.75, 3.05) is 7.11 Å². The zero-order valence-electron chi connectivity index (χ0n) is 12.9. The van der Waals surface area contributed by atoms with E-state index in [9.17, 15) is 5.11 Å². The Bertz CT molecular complexity index is 564. The van der Waals surface area contributed by atoms with Crippen molar-refractivity contribution in [1.82, 2.24) is 0 Å². The van der Waals surface area contributed by atoms with Crippen LogP contribution in [0.25, 0.3) is 0 Å². The molecule has 0 saturated heterocycles. The Morgan fingerprint density at radius 2 is 1.86 bits per heavy atom. The lowest BCUT2D eigenvalue weighted by Gasteiger charge is -2.40. The molecule has 2 aliphatic heterocycles. The summed E-state index contributed by atoms with van der Waals surface area (Å²) < 4.78 is 28.3. The molecule has 116 valence electrons. The van der Waals surface area contributed by atoms with Crippen LogP contribution in [-0.2, 0) is 11.3 Å². The molecule has 1 unspecified atom stereocenters. The van der Waals surface area contributed by atoms with Crippen LogP contribution in [-0.4, -0.2) is 29.9 Å². The second-order valence-electron chi connectivity index (χ2n) is 6.19. The fourth-order valence-electron chi connectivity index (χ4n) is 2.32. The van der Waals surface area contributed by atoms with Crippen molar-refractivity contribution in [2.45, 2.75) is 52.0 Å². The van der Waals surface area contributed by atoms with E-state index in [-0.39, 0.29) is 0 Å². The van der Waals surface area contributed by atoms with Crippen LogP contribution < -0.4 is 18.9 Å². The fourth-order valence-corrected chi connectivity index (χ4v) is 2.32.